The Kier molecular flexibility index (Phi) is 4.73. The fourth-order valence-electron chi connectivity index (χ4n) is 1.85. The van der Waals surface area contributed by atoms with E-state index in [-0.39, 0.29) is 23.5 Å². The number of rotatable bonds is 5. The predicted molar refractivity (Wildman–Crippen MR) is 63.0 cm³/mol. The van der Waals surface area contributed by atoms with E-state index in [1.54, 1.807) is 18.9 Å². The standard InChI is InChI=1S/C10H20N2O3S/c1-3-6-16(14,15)8-10(13)12(2)9-4-5-11-7-9/h9,11H,3-8H2,1-2H3. The Bertz CT molecular complexity index is 334. The van der Waals surface area contributed by atoms with Crippen molar-refractivity contribution < 1.29 is 13.2 Å². The van der Waals surface area contributed by atoms with Crippen LogP contribution in [0.5, 0.6) is 0 Å². The molecule has 0 aromatic rings. The van der Waals surface area contributed by atoms with Crippen molar-refractivity contribution in [1.82, 2.24) is 10.2 Å². The molecule has 0 aromatic heterocycles. The lowest BCUT2D eigenvalue weighted by Gasteiger charge is -2.23. The monoisotopic (exact) mass is 248 g/mol. The summed E-state index contributed by atoms with van der Waals surface area (Å²) in [7, 11) is -1.54. The van der Waals surface area contributed by atoms with Gasteiger partial charge in [0.05, 0.1) is 5.75 Å². The van der Waals surface area contributed by atoms with Gasteiger partial charge in [-0.15, -0.1) is 0 Å². The van der Waals surface area contributed by atoms with E-state index >= 15 is 0 Å². The second kappa shape index (κ2) is 5.63. The number of likely N-dealkylation sites (N-methyl/N-ethyl adjacent to an activating group) is 1. The van der Waals surface area contributed by atoms with Gasteiger partial charge >= 0.3 is 0 Å². The number of sulfone groups is 1. The number of carbonyl (C=O) groups excluding carboxylic acids is 1. The van der Waals surface area contributed by atoms with Crippen molar-refractivity contribution in [2.75, 3.05) is 31.6 Å². The van der Waals surface area contributed by atoms with Gasteiger partial charge in [-0.05, 0) is 19.4 Å². The summed E-state index contributed by atoms with van der Waals surface area (Å²) in [4.78, 5) is 13.3. The Balaban J connectivity index is 2.51. The Morgan fingerprint density at radius 1 is 1.50 bits per heavy atom. The second-order valence-corrected chi connectivity index (χ2v) is 6.43. The van der Waals surface area contributed by atoms with Gasteiger partial charge in [-0.2, -0.15) is 0 Å². The quantitative estimate of drug-likeness (QED) is 0.721. The SMILES string of the molecule is CCCS(=O)(=O)CC(=O)N(C)C1CCNC1. The first-order valence-corrected chi connectivity index (χ1v) is 7.45. The van der Waals surface area contributed by atoms with E-state index in [0.717, 1.165) is 19.5 Å². The summed E-state index contributed by atoms with van der Waals surface area (Å²) in [5.74, 6) is -0.550. The number of amides is 1. The maximum Gasteiger partial charge on any atom is 0.237 e. The van der Waals surface area contributed by atoms with E-state index in [1.165, 1.54) is 0 Å². The molecule has 6 heteroatoms. The van der Waals surface area contributed by atoms with E-state index in [9.17, 15) is 13.2 Å². The molecule has 0 bridgehead atoms. The average Bonchev–Trinajstić information content (AvgIpc) is 2.68. The van der Waals surface area contributed by atoms with Crippen molar-refractivity contribution in [2.45, 2.75) is 25.8 Å². The van der Waals surface area contributed by atoms with Crippen molar-refractivity contribution in [3.63, 3.8) is 0 Å². The Morgan fingerprint density at radius 2 is 2.19 bits per heavy atom. The molecule has 1 heterocycles. The summed E-state index contributed by atoms with van der Waals surface area (Å²) in [6, 6.07) is 0.143. The molecule has 1 saturated heterocycles. The van der Waals surface area contributed by atoms with Gasteiger partial charge in [-0.25, -0.2) is 8.42 Å². The summed E-state index contributed by atoms with van der Waals surface area (Å²) in [5, 5.41) is 3.15. The number of hydrogen-bond acceptors (Lipinski definition) is 4. The molecular weight excluding hydrogens is 228 g/mol. The van der Waals surface area contributed by atoms with Crippen molar-refractivity contribution in [3.05, 3.63) is 0 Å². The van der Waals surface area contributed by atoms with Gasteiger partial charge in [0, 0.05) is 19.6 Å². The third kappa shape index (κ3) is 3.75. The normalized spacial score (nSPS) is 21.0. The van der Waals surface area contributed by atoms with Gasteiger partial charge in [0.25, 0.3) is 0 Å². The van der Waals surface area contributed by atoms with Crippen LogP contribution < -0.4 is 5.32 Å². The number of hydrogen-bond donors (Lipinski definition) is 1. The van der Waals surface area contributed by atoms with Crippen molar-refractivity contribution >= 4 is 15.7 Å². The molecule has 5 nitrogen and oxygen atoms in total. The van der Waals surface area contributed by atoms with Crippen molar-refractivity contribution in [1.29, 1.82) is 0 Å². The first-order chi connectivity index (χ1) is 7.46. The summed E-state index contributed by atoms with van der Waals surface area (Å²) in [6.07, 6.45) is 1.46. The van der Waals surface area contributed by atoms with Gasteiger partial charge in [0.15, 0.2) is 9.84 Å². The van der Waals surface area contributed by atoms with Crippen LogP contribution in [0.25, 0.3) is 0 Å². The lowest BCUT2D eigenvalue weighted by Crippen LogP contribution is -2.41. The molecule has 1 amide bonds. The van der Waals surface area contributed by atoms with Crippen molar-refractivity contribution in [2.24, 2.45) is 0 Å². The smallest absolute Gasteiger partial charge is 0.237 e. The Morgan fingerprint density at radius 3 is 2.69 bits per heavy atom. The minimum Gasteiger partial charge on any atom is -0.341 e. The van der Waals surface area contributed by atoms with Crippen molar-refractivity contribution in [3.8, 4) is 0 Å². The van der Waals surface area contributed by atoms with E-state index in [1.807, 2.05) is 0 Å². The van der Waals surface area contributed by atoms with Gasteiger partial charge in [-0.1, -0.05) is 6.92 Å². The van der Waals surface area contributed by atoms with Crippen LogP contribution in [0.4, 0.5) is 0 Å². The highest BCUT2D eigenvalue weighted by Crippen LogP contribution is 2.07. The molecule has 0 radical (unpaired) electrons. The molecule has 0 aliphatic carbocycles. The van der Waals surface area contributed by atoms with Crippen LogP contribution in [0, 0.1) is 0 Å². The van der Waals surface area contributed by atoms with Crippen LogP contribution in [0.3, 0.4) is 0 Å². The van der Waals surface area contributed by atoms with Crippen LogP contribution in [0.15, 0.2) is 0 Å². The van der Waals surface area contributed by atoms with Gasteiger partial charge < -0.3 is 10.2 Å². The molecule has 1 atom stereocenters. The topological polar surface area (TPSA) is 66.5 Å². The van der Waals surface area contributed by atoms with Crippen LogP contribution >= 0.6 is 0 Å². The molecule has 0 saturated carbocycles. The largest absolute Gasteiger partial charge is 0.341 e. The molecular formula is C10H20N2O3S. The molecule has 1 unspecified atom stereocenters. The van der Waals surface area contributed by atoms with Crippen LogP contribution in [0.1, 0.15) is 19.8 Å². The molecule has 1 aliphatic rings. The van der Waals surface area contributed by atoms with E-state index in [4.69, 9.17) is 0 Å². The lowest BCUT2D eigenvalue weighted by atomic mass is 10.2. The molecule has 94 valence electrons. The maximum absolute atomic E-state index is 11.7. The molecule has 1 aliphatic heterocycles. The molecule has 1 rings (SSSR count). The fourth-order valence-corrected chi connectivity index (χ4v) is 3.19. The first-order valence-electron chi connectivity index (χ1n) is 5.63. The highest BCUT2D eigenvalue weighted by atomic mass is 32.2. The molecule has 1 N–H and O–H groups in total. The minimum atomic E-state index is -3.22. The van der Waals surface area contributed by atoms with E-state index in [2.05, 4.69) is 5.32 Å². The van der Waals surface area contributed by atoms with Gasteiger partial charge in [-0.3, -0.25) is 4.79 Å². The minimum absolute atomic E-state index is 0.0928. The van der Waals surface area contributed by atoms with Crippen LogP contribution in [-0.2, 0) is 14.6 Å². The summed E-state index contributed by atoms with van der Waals surface area (Å²) in [6.45, 7) is 3.45. The summed E-state index contributed by atoms with van der Waals surface area (Å²) in [5.41, 5.74) is 0. The first kappa shape index (κ1) is 13.4. The van der Waals surface area contributed by atoms with Crippen LogP contribution in [-0.4, -0.2) is 56.9 Å². The Labute approximate surface area is 97.1 Å². The second-order valence-electron chi connectivity index (χ2n) is 4.24. The number of nitrogens with zero attached hydrogens (tertiary/aromatic N) is 1. The third-order valence-corrected chi connectivity index (χ3v) is 4.55. The summed E-state index contributed by atoms with van der Waals surface area (Å²) >= 11 is 0. The third-order valence-electron chi connectivity index (χ3n) is 2.83. The highest BCUT2D eigenvalue weighted by Gasteiger charge is 2.26. The highest BCUT2D eigenvalue weighted by molar-refractivity contribution is 7.92. The Hall–Kier alpha value is -0.620. The molecule has 0 spiro atoms. The van der Waals surface area contributed by atoms with Gasteiger partial charge in [0.1, 0.15) is 5.75 Å². The zero-order valence-electron chi connectivity index (χ0n) is 9.90. The van der Waals surface area contributed by atoms with E-state index < -0.39 is 9.84 Å². The lowest BCUT2D eigenvalue weighted by molar-refractivity contribution is -0.128. The molecule has 1 fully saturated rings. The number of carbonyl (C=O) groups is 1. The predicted octanol–water partition coefficient (Wildman–Crippen LogP) is -0.368. The zero-order valence-corrected chi connectivity index (χ0v) is 10.7. The van der Waals surface area contributed by atoms with E-state index in [0.29, 0.717) is 6.42 Å². The van der Waals surface area contributed by atoms with Crippen LogP contribution in [0.2, 0.25) is 0 Å². The summed E-state index contributed by atoms with van der Waals surface area (Å²) < 4.78 is 23.0. The maximum atomic E-state index is 11.7. The average molecular weight is 248 g/mol. The fraction of sp³-hybridized carbons (Fsp3) is 0.900. The van der Waals surface area contributed by atoms with Gasteiger partial charge in [0.2, 0.25) is 5.91 Å². The molecule has 0 aromatic carbocycles. The number of nitrogens with one attached hydrogen (secondary N) is 1. The zero-order chi connectivity index (χ0) is 12.2. The molecule has 16 heavy (non-hydrogen) atoms.